The van der Waals surface area contributed by atoms with Crippen LogP contribution in [0.5, 0.6) is 11.5 Å². The number of rotatable bonds is 14. The molecule has 1 N–H and O–H groups in total. The van der Waals surface area contributed by atoms with E-state index in [2.05, 4.69) is 48.3 Å². The molecule has 29 heavy (non-hydrogen) atoms. The van der Waals surface area contributed by atoms with E-state index in [0.717, 1.165) is 60.6 Å². The molecule has 0 spiro atoms. The molecular formula is C25H34N2O2. The van der Waals surface area contributed by atoms with Crippen molar-refractivity contribution in [3.05, 3.63) is 60.7 Å². The Balaban J connectivity index is 1.93. The minimum absolute atomic E-state index is 0.765. The number of hydrogen-bond donors (Lipinski definition) is 1. The zero-order valence-electron chi connectivity index (χ0n) is 17.8. The molecule has 2 aromatic rings. The summed E-state index contributed by atoms with van der Waals surface area (Å²) in [7, 11) is 1.68. The Bertz CT molecular complexity index is 754. The lowest BCUT2D eigenvalue weighted by Gasteiger charge is -2.10. The molecule has 0 aliphatic carbocycles. The Morgan fingerprint density at radius 2 is 1.76 bits per heavy atom. The van der Waals surface area contributed by atoms with E-state index in [1.165, 1.54) is 19.3 Å². The summed E-state index contributed by atoms with van der Waals surface area (Å²) in [6.45, 7) is 7.49. The van der Waals surface area contributed by atoms with Gasteiger partial charge in [-0.25, -0.2) is 0 Å². The van der Waals surface area contributed by atoms with Gasteiger partial charge in [0.25, 0.3) is 0 Å². The van der Waals surface area contributed by atoms with Crippen molar-refractivity contribution in [3.63, 3.8) is 0 Å². The van der Waals surface area contributed by atoms with E-state index in [1.54, 1.807) is 7.11 Å². The second-order valence-corrected chi connectivity index (χ2v) is 6.99. The molecule has 4 heteroatoms. The average Bonchev–Trinajstić information content (AvgIpc) is 2.76. The Kier molecular flexibility index (Phi) is 10.4. The third-order valence-corrected chi connectivity index (χ3v) is 4.65. The van der Waals surface area contributed by atoms with Gasteiger partial charge in [0, 0.05) is 12.1 Å². The van der Waals surface area contributed by atoms with Crippen LogP contribution in [0.15, 0.2) is 60.2 Å². The monoisotopic (exact) mass is 394 g/mol. The zero-order chi connectivity index (χ0) is 20.7. The van der Waals surface area contributed by atoms with E-state index < -0.39 is 0 Å². The number of methoxy groups -OCH3 is 1. The van der Waals surface area contributed by atoms with Crippen LogP contribution < -0.4 is 14.9 Å². The predicted octanol–water partition coefficient (Wildman–Crippen LogP) is 6.21. The van der Waals surface area contributed by atoms with E-state index in [9.17, 15) is 0 Å². The van der Waals surface area contributed by atoms with Crippen molar-refractivity contribution in [1.82, 2.24) is 5.43 Å². The van der Waals surface area contributed by atoms with Crippen LogP contribution in [0, 0.1) is 0 Å². The van der Waals surface area contributed by atoms with Gasteiger partial charge in [0.1, 0.15) is 11.5 Å². The van der Waals surface area contributed by atoms with Crippen molar-refractivity contribution in [2.75, 3.05) is 20.3 Å². The van der Waals surface area contributed by atoms with Crippen molar-refractivity contribution < 1.29 is 9.47 Å². The standard InChI is InChI=1S/C25H34N2O2/c1-4-6-7-8-9-10-18-29-24-14-11-21(12-15-24)22-13-16-25(28-3)23(19-22)20-27-26-17-5-2/h4,11-16,19-20,26H,1,5-10,17-18H2,2-3H3/b27-20+. The zero-order valence-corrected chi connectivity index (χ0v) is 17.8. The quantitative estimate of drug-likeness (QED) is 0.179. The lowest BCUT2D eigenvalue weighted by molar-refractivity contribution is 0.305. The Morgan fingerprint density at radius 3 is 2.48 bits per heavy atom. The fourth-order valence-corrected chi connectivity index (χ4v) is 2.98. The molecule has 0 fully saturated rings. The van der Waals surface area contributed by atoms with Crippen LogP contribution in [0.25, 0.3) is 11.1 Å². The summed E-state index contributed by atoms with van der Waals surface area (Å²) in [6, 6.07) is 14.4. The maximum atomic E-state index is 5.87. The van der Waals surface area contributed by atoms with E-state index in [4.69, 9.17) is 9.47 Å². The number of nitrogens with one attached hydrogen (secondary N) is 1. The smallest absolute Gasteiger partial charge is 0.127 e. The summed E-state index contributed by atoms with van der Waals surface area (Å²) in [5.74, 6) is 1.72. The van der Waals surface area contributed by atoms with Crippen LogP contribution >= 0.6 is 0 Å². The van der Waals surface area contributed by atoms with Crippen molar-refractivity contribution in [2.45, 2.75) is 45.4 Å². The molecule has 0 bridgehead atoms. The molecule has 0 saturated heterocycles. The summed E-state index contributed by atoms with van der Waals surface area (Å²) >= 11 is 0. The van der Waals surface area contributed by atoms with Crippen LogP contribution in [-0.4, -0.2) is 26.5 Å². The normalized spacial score (nSPS) is 10.8. The van der Waals surface area contributed by atoms with Gasteiger partial charge in [-0.2, -0.15) is 5.10 Å². The highest BCUT2D eigenvalue weighted by Crippen LogP contribution is 2.27. The van der Waals surface area contributed by atoms with Gasteiger partial charge in [0.2, 0.25) is 0 Å². The highest BCUT2D eigenvalue weighted by atomic mass is 16.5. The molecule has 0 saturated carbocycles. The van der Waals surface area contributed by atoms with E-state index in [1.807, 2.05) is 30.5 Å². The second-order valence-electron chi connectivity index (χ2n) is 6.99. The molecule has 0 atom stereocenters. The number of hydrogen-bond acceptors (Lipinski definition) is 4. The molecule has 0 amide bonds. The van der Waals surface area contributed by atoms with Crippen molar-refractivity contribution in [2.24, 2.45) is 5.10 Å². The van der Waals surface area contributed by atoms with E-state index in [0.29, 0.717) is 0 Å². The predicted molar refractivity (Wildman–Crippen MR) is 123 cm³/mol. The number of allylic oxidation sites excluding steroid dienone is 1. The molecule has 0 heterocycles. The minimum Gasteiger partial charge on any atom is -0.496 e. The van der Waals surface area contributed by atoms with Gasteiger partial charge in [-0.3, -0.25) is 0 Å². The van der Waals surface area contributed by atoms with Gasteiger partial charge >= 0.3 is 0 Å². The number of ether oxygens (including phenoxy) is 2. The summed E-state index contributed by atoms with van der Waals surface area (Å²) in [4.78, 5) is 0. The lowest BCUT2D eigenvalue weighted by Crippen LogP contribution is -2.06. The highest BCUT2D eigenvalue weighted by molar-refractivity contribution is 5.86. The summed E-state index contributed by atoms with van der Waals surface area (Å²) in [6.07, 6.45) is 10.7. The van der Waals surface area contributed by atoms with Crippen LogP contribution in [0.2, 0.25) is 0 Å². The van der Waals surface area contributed by atoms with E-state index in [-0.39, 0.29) is 0 Å². The largest absolute Gasteiger partial charge is 0.496 e. The summed E-state index contributed by atoms with van der Waals surface area (Å²) in [5, 5.41) is 4.27. The van der Waals surface area contributed by atoms with Crippen LogP contribution in [0.4, 0.5) is 0 Å². The fraction of sp³-hybridized carbons (Fsp3) is 0.400. The molecular weight excluding hydrogens is 360 g/mol. The molecule has 0 aliphatic rings. The summed E-state index contributed by atoms with van der Waals surface area (Å²) < 4.78 is 11.3. The van der Waals surface area contributed by atoms with Gasteiger partial charge in [-0.05, 0) is 61.1 Å². The van der Waals surface area contributed by atoms with Gasteiger partial charge in [0.05, 0.1) is 19.9 Å². The molecule has 0 aliphatic heterocycles. The second kappa shape index (κ2) is 13.4. The molecule has 2 rings (SSSR count). The number of benzene rings is 2. The van der Waals surface area contributed by atoms with Gasteiger partial charge in [-0.1, -0.05) is 44.0 Å². The fourth-order valence-electron chi connectivity index (χ4n) is 2.98. The van der Waals surface area contributed by atoms with Crippen LogP contribution in [0.1, 0.15) is 51.0 Å². The third kappa shape index (κ3) is 8.02. The first-order chi connectivity index (χ1) is 14.3. The van der Waals surface area contributed by atoms with Crippen molar-refractivity contribution in [3.8, 4) is 22.6 Å². The average molecular weight is 395 g/mol. The Hall–Kier alpha value is -2.75. The Morgan fingerprint density at radius 1 is 1.00 bits per heavy atom. The molecule has 2 aromatic carbocycles. The molecule has 156 valence electrons. The van der Waals surface area contributed by atoms with Crippen LogP contribution in [-0.2, 0) is 0 Å². The maximum absolute atomic E-state index is 5.87. The first kappa shape index (κ1) is 22.5. The van der Waals surface area contributed by atoms with Gasteiger partial charge in [0.15, 0.2) is 0 Å². The molecule has 4 nitrogen and oxygen atoms in total. The van der Waals surface area contributed by atoms with Crippen LogP contribution in [0.3, 0.4) is 0 Å². The molecule has 0 radical (unpaired) electrons. The number of nitrogens with zero attached hydrogens (tertiary/aromatic N) is 1. The first-order valence-corrected chi connectivity index (χ1v) is 10.6. The van der Waals surface area contributed by atoms with Crippen molar-refractivity contribution in [1.29, 1.82) is 0 Å². The molecule has 0 unspecified atom stereocenters. The van der Waals surface area contributed by atoms with E-state index >= 15 is 0 Å². The SMILES string of the molecule is C=CCCCCCCOc1ccc(-c2ccc(OC)c(/C=N/NCCC)c2)cc1. The van der Waals surface area contributed by atoms with Gasteiger partial charge in [-0.15, -0.1) is 6.58 Å². The Labute approximate surface area is 175 Å². The third-order valence-electron chi connectivity index (χ3n) is 4.65. The number of unbranched alkanes of at least 4 members (excludes halogenated alkanes) is 4. The minimum atomic E-state index is 0.765. The lowest BCUT2D eigenvalue weighted by atomic mass is 10.0. The number of hydrazone groups is 1. The highest BCUT2D eigenvalue weighted by Gasteiger charge is 2.05. The molecule has 0 aromatic heterocycles. The first-order valence-electron chi connectivity index (χ1n) is 10.6. The van der Waals surface area contributed by atoms with Gasteiger partial charge < -0.3 is 14.9 Å². The maximum Gasteiger partial charge on any atom is 0.127 e. The van der Waals surface area contributed by atoms with Crippen molar-refractivity contribution >= 4 is 6.21 Å². The summed E-state index contributed by atoms with van der Waals surface area (Å²) in [5.41, 5.74) is 6.24. The topological polar surface area (TPSA) is 42.9 Å².